The molecule has 2 N–H and O–H groups in total. The fourth-order valence-electron chi connectivity index (χ4n) is 3.18. The number of hydrogen-bond acceptors (Lipinski definition) is 4. The summed E-state index contributed by atoms with van der Waals surface area (Å²) < 4.78 is 0. The first-order valence-corrected chi connectivity index (χ1v) is 6.44. The molecule has 0 saturated carbocycles. The van der Waals surface area contributed by atoms with E-state index in [0.717, 1.165) is 18.6 Å². The Labute approximate surface area is 102 Å². The molecular weight excluding hydrogens is 212 g/mol. The number of hydrogen-bond donors (Lipinski definition) is 1. The molecule has 2 saturated heterocycles. The summed E-state index contributed by atoms with van der Waals surface area (Å²) in [6, 6.07) is 5.51. The third-order valence-corrected chi connectivity index (χ3v) is 4.11. The maximum atomic E-state index is 5.60. The van der Waals surface area contributed by atoms with Crippen LogP contribution in [0.5, 0.6) is 0 Å². The summed E-state index contributed by atoms with van der Waals surface area (Å²) in [5, 5.41) is 0. The topological polar surface area (TPSA) is 45.4 Å². The third-order valence-electron chi connectivity index (χ3n) is 4.11. The Kier molecular flexibility index (Phi) is 2.76. The van der Waals surface area contributed by atoms with Gasteiger partial charge in [-0.3, -0.25) is 9.80 Å². The van der Waals surface area contributed by atoms with Gasteiger partial charge in [0.1, 0.15) is 5.82 Å². The van der Waals surface area contributed by atoms with Crippen LogP contribution < -0.4 is 5.73 Å². The van der Waals surface area contributed by atoms with Crippen molar-refractivity contribution in [3.05, 3.63) is 23.9 Å². The van der Waals surface area contributed by atoms with Gasteiger partial charge in [0.25, 0.3) is 0 Å². The third kappa shape index (κ3) is 2.03. The molecule has 3 rings (SSSR count). The van der Waals surface area contributed by atoms with E-state index >= 15 is 0 Å². The number of aromatic nitrogens is 1. The highest BCUT2D eigenvalue weighted by Crippen LogP contribution is 2.31. The van der Waals surface area contributed by atoms with Gasteiger partial charge >= 0.3 is 0 Å². The van der Waals surface area contributed by atoms with Crippen molar-refractivity contribution in [2.75, 3.05) is 25.4 Å². The first-order valence-electron chi connectivity index (χ1n) is 6.44. The molecular formula is C13H20N4. The molecule has 0 amide bonds. The standard InChI is InChI=1S/C13H20N4/c1-2-16-8-12-5-11(16)9-17(12)7-10-3-4-13(14)15-6-10/h3-4,6,11-12H,2,5,7-9H2,1H3,(H2,14,15). The van der Waals surface area contributed by atoms with Crippen LogP contribution in [-0.2, 0) is 6.54 Å². The number of anilines is 1. The minimum absolute atomic E-state index is 0.605. The van der Waals surface area contributed by atoms with Gasteiger partial charge in [-0.05, 0) is 24.6 Å². The monoisotopic (exact) mass is 232 g/mol. The summed E-state index contributed by atoms with van der Waals surface area (Å²) in [7, 11) is 0. The Hall–Kier alpha value is -1.13. The van der Waals surface area contributed by atoms with Gasteiger partial charge in [-0.15, -0.1) is 0 Å². The summed E-state index contributed by atoms with van der Waals surface area (Å²) in [5.74, 6) is 0.605. The number of rotatable bonds is 3. The van der Waals surface area contributed by atoms with Crippen LogP contribution in [0, 0.1) is 0 Å². The quantitative estimate of drug-likeness (QED) is 0.842. The van der Waals surface area contributed by atoms with Crippen molar-refractivity contribution in [3.8, 4) is 0 Å². The largest absolute Gasteiger partial charge is 0.384 e. The average molecular weight is 232 g/mol. The zero-order valence-corrected chi connectivity index (χ0v) is 10.3. The molecule has 17 heavy (non-hydrogen) atoms. The van der Waals surface area contributed by atoms with Crippen molar-refractivity contribution in [2.24, 2.45) is 0 Å². The zero-order valence-electron chi connectivity index (χ0n) is 10.3. The van der Waals surface area contributed by atoms with Crippen LogP contribution in [0.1, 0.15) is 18.9 Å². The Morgan fingerprint density at radius 2 is 2.06 bits per heavy atom. The molecule has 92 valence electrons. The van der Waals surface area contributed by atoms with Crippen molar-refractivity contribution in [2.45, 2.75) is 32.0 Å². The molecule has 2 aliphatic rings. The molecule has 0 aromatic carbocycles. The summed E-state index contributed by atoms with van der Waals surface area (Å²) in [6.07, 6.45) is 3.25. The lowest BCUT2D eigenvalue weighted by Crippen LogP contribution is -2.45. The number of piperazine rings is 1. The van der Waals surface area contributed by atoms with Crippen molar-refractivity contribution in [1.29, 1.82) is 0 Å². The van der Waals surface area contributed by atoms with Crippen molar-refractivity contribution < 1.29 is 0 Å². The molecule has 2 unspecified atom stereocenters. The molecule has 0 radical (unpaired) electrons. The highest BCUT2D eigenvalue weighted by molar-refractivity contribution is 5.29. The molecule has 0 spiro atoms. The minimum Gasteiger partial charge on any atom is -0.384 e. The van der Waals surface area contributed by atoms with Crippen LogP contribution in [0.2, 0.25) is 0 Å². The van der Waals surface area contributed by atoms with E-state index in [1.807, 2.05) is 12.3 Å². The predicted octanol–water partition coefficient (Wildman–Crippen LogP) is 0.942. The second-order valence-electron chi connectivity index (χ2n) is 5.15. The van der Waals surface area contributed by atoms with Crippen LogP contribution in [0.15, 0.2) is 18.3 Å². The van der Waals surface area contributed by atoms with E-state index in [0.29, 0.717) is 5.82 Å². The van der Waals surface area contributed by atoms with Gasteiger partial charge in [0.05, 0.1) is 0 Å². The summed E-state index contributed by atoms with van der Waals surface area (Å²) in [4.78, 5) is 9.34. The van der Waals surface area contributed by atoms with E-state index in [1.165, 1.54) is 31.6 Å². The van der Waals surface area contributed by atoms with Gasteiger partial charge in [0, 0.05) is 37.9 Å². The number of nitrogen functional groups attached to an aromatic ring is 1. The maximum absolute atomic E-state index is 5.60. The highest BCUT2D eigenvalue weighted by Gasteiger charge is 2.41. The van der Waals surface area contributed by atoms with Gasteiger partial charge in [-0.25, -0.2) is 4.98 Å². The van der Waals surface area contributed by atoms with E-state index in [4.69, 9.17) is 5.73 Å². The van der Waals surface area contributed by atoms with Gasteiger partial charge < -0.3 is 5.73 Å². The zero-order chi connectivity index (χ0) is 11.8. The number of pyridine rings is 1. The molecule has 4 heteroatoms. The van der Waals surface area contributed by atoms with Crippen LogP contribution in [0.25, 0.3) is 0 Å². The van der Waals surface area contributed by atoms with Gasteiger partial charge in [-0.1, -0.05) is 13.0 Å². The molecule has 2 aliphatic heterocycles. The molecule has 1 aromatic heterocycles. The van der Waals surface area contributed by atoms with Crippen LogP contribution in [0.3, 0.4) is 0 Å². The summed E-state index contributed by atoms with van der Waals surface area (Å²) in [5.41, 5.74) is 6.87. The second kappa shape index (κ2) is 4.27. The molecule has 4 nitrogen and oxygen atoms in total. The Balaban J connectivity index is 1.63. The number of likely N-dealkylation sites (tertiary alicyclic amines) is 2. The molecule has 3 heterocycles. The lowest BCUT2D eigenvalue weighted by molar-refractivity contribution is 0.127. The van der Waals surface area contributed by atoms with Crippen molar-refractivity contribution in [3.63, 3.8) is 0 Å². The second-order valence-corrected chi connectivity index (χ2v) is 5.15. The first-order chi connectivity index (χ1) is 8.26. The summed E-state index contributed by atoms with van der Waals surface area (Å²) >= 11 is 0. The Bertz CT molecular complexity index is 389. The van der Waals surface area contributed by atoms with Gasteiger partial charge in [0.2, 0.25) is 0 Å². The van der Waals surface area contributed by atoms with Crippen LogP contribution >= 0.6 is 0 Å². The number of nitrogens with zero attached hydrogens (tertiary/aromatic N) is 3. The molecule has 2 atom stereocenters. The lowest BCUT2D eigenvalue weighted by Gasteiger charge is -2.33. The lowest BCUT2D eigenvalue weighted by atomic mass is 10.2. The van der Waals surface area contributed by atoms with E-state index in [2.05, 4.69) is 27.8 Å². The first kappa shape index (κ1) is 11.0. The Morgan fingerprint density at radius 3 is 2.65 bits per heavy atom. The predicted molar refractivity (Wildman–Crippen MR) is 68.5 cm³/mol. The minimum atomic E-state index is 0.605. The number of fused-ring (bicyclic) bond motifs is 2. The molecule has 1 aromatic rings. The average Bonchev–Trinajstić information content (AvgIpc) is 2.91. The van der Waals surface area contributed by atoms with Crippen LogP contribution in [-0.4, -0.2) is 46.5 Å². The van der Waals surface area contributed by atoms with E-state index in [1.54, 1.807) is 0 Å². The molecule has 2 fully saturated rings. The number of likely N-dealkylation sites (N-methyl/N-ethyl adjacent to an activating group) is 1. The Morgan fingerprint density at radius 1 is 1.29 bits per heavy atom. The van der Waals surface area contributed by atoms with Crippen LogP contribution in [0.4, 0.5) is 5.82 Å². The fourth-order valence-corrected chi connectivity index (χ4v) is 3.18. The van der Waals surface area contributed by atoms with Crippen molar-refractivity contribution in [1.82, 2.24) is 14.8 Å². The SMILES string of the molecule is CCN1CC2CC1CN2Cc1ccc(N)nc1. The van der Waals surface area contributed by atoms with E-state index in [-0.39, 0.29) is 0 Å². The summed E-state index contributed by atoms with van der Waals surface area (Å²) in [6.45, 7) is 6.92. The molecule has 0 aliphatic carbocycles. The van der Waals surface area contributed by atoms with Gasteiger partial charge in [0.15, 0.2) is 0 Å². The fraction of sp³-hybridized carbons (Fsp3) is 0.615. The highest BCUT2D eigenvalue weighted by atomic mass is 15.3. The normalized spacial score (nSPS) is 29.0. The smallest absolute Gasteiger partial charge is 0.123 e. The van der Waals surface area contributed by atoms with Gasteiger partial charge in [-0.2, -0.15) is 0 Å². The van der Waals surface area contributed by atoms with Crippen molar-refractivity contribution >= 4 is 5.82 Å². The van der Waals surface area contributed by atoms with E-state index in [9.17, 15) is 0 Å². The van der Waals surface area contributed by atoms with E-state index < -0.39 is 0 Å². The maximum Gasteiger partial charge on any atom is 0.123 e. The molecule has 2 bridgehead atoms. The number of nitrogens with two attached hydrogens (primary N) is 1.